The molecule has 1 atom stereocenters. The number of likely N-dealkylation sites (N-methyl/N-ethyl adjacent to an activating group) is 1. The Balaban J connectivity index is 2.57. The monoisotopic (exact) mass is 237 g/mol. The third-order valence-corrected chi connectivity index (χ3v) is 4.47. The zero-order valence-corrected chi connectivity index (χ0v) is 10.0. The molecule has 0 aromatic rings. The Morgan fingerprint density at radius 2 is 2.27 bits per heavy atom. The van der Waals surface area contributed by atoms with Gasteiger partial charge in [0.1, 0.15) is 0 Å². The Hall–Kier alpha value is -0.210. The quantitative estimate of drug-likeness (QED) is 0.654. The normalized spacial score (nSPS) is 23.9. The van der Waals surface area contributed by atoms with Crippen molar-refractivity contribution >= 4 is 10.2 Å². The summed E-state index contributed by atoms with van der Waals surface area (Å²) in [6.45, 7) is 1.70. The average molecular weight is 237 g/mol. The van der Waals surface area contributed by atoms with E-state index in [0.29, 0.717) is 26.2 Å². The van der Waals surface area contributed by atoms with E-state index in [1.54, 1.807) is 14.2 Å². The van der Waals surface area contributed by atoms with Crippen molar-refractivity contribution in [2.45, 2.75) is 12.5 Å². The van der Waals surface area contributed by atoms with Crippen molar-refractivity contribution in [3.05, 3.63) is 0 Å². The molecule has 1 unspecified atom stereocenters. The van der Waals surface area contributed by atoms with E-state index in [1.807, 2.05) is 0 Å². The van der Waals surface area contributed by atoms with Crippen LogP contribution in [-0.4, -0.2) is 63.5 Å². The second-order valence-corrected chi connectivity index (χ2v) is 5.76. The minimum absolute atomic E-state index is 0.0319. The van der Waals surface area contributed by atoms with Crippen molar-refractivity contribution in [1.29, 1.82) is 0 Å². The van der Waals surface area contributed by atoms with Gasteiger partial charge >= 0.3 is 0 Å². The van der Waals surface area contributed by atoms with Gasteiger partial charge in [-0.25, -0.2) is 0 Å². The average Bonchev–Trinajstić information content (AvgIpc) is 2.61. The molecule has 7 heteroatoms. The van der Waals surface area contributed by atoms with Crippen molar-refractivity contribution in [1.82, 2.24) is 8.61 Å². The summed E-state index contributed by atoms with van der Waals surface area (Å²) < 4.78 is 31.4. The lowest BCUT2D eigenvalue weighted by Crippen LogP contribution is -2.42. The van der Waals surface area contributed by atoms with E-state index in [1.165, 1.54) is 8.61 Å². The molecular weight excluding hydrogens is 218 g/mol. The Bertz CT molecular complexity index is 294. The third kappa shape index (κ3) is 3.12. The van der Waals surface area contributed by atoms with Gasteiger partial charge in [0, 0.05) is 39.8 Å². The summed E-state index contributed by atoms with van der Waals surface area (Å²) in [6.07, 6.45) is 0.733. The number of methoxy groups -OCH3 is 1. The number of nitrogens with two attached hydrogens (primary N) is 1. The van der Waals surface area contributed by atoms with Gasteiger partial charge in [-0.3, -0.25) is 0 Å². The van der Waals surface area contributed by atoms with E-state index in [4.69, 9.17) is 10.5 Å². The zero-order valence-electron chi connectivity index (χ0n) is 9.22. The minimum atomic E-state index is -3.34. The van der Waals surface area contributed by atoms with Crippen LogP contribution in [0.5, 0.6) is 0 Å². The SMILES string of the molecule is COCCN(C)S(=O)(=O)N1CCC(N)C1. The molecule has 1 rings (SSSR count). The van der Waals surface area contributed by atoms with Crippen molar-refractivity contribution in [2.24, 2.45) is 5.73 Å². The van der Waals surface area contributed by atoms with Gasteiger partial charge in [0.05, 0.1) is 6.61 Å². The smallest absolute Gasteiger partial charge is 0.281 e. The van der Waals surface area contributed by atoms with Crippen LogP contribution in [0.3, 0.4) is 0 Å². The van der Waals surface area contributed by atoms with E-state index in [9.17, 15) is 8.42 Å². The standard InChI is InChI=1S/C8H19N3O3S/c1-10(5-6-14-2)15(12,13)11-4-3-8(9)7-11/h8H,3-7,9H2,1-2H3. The van der Waals surface area contributed by atoms with Crippen LogP contribution in [-0.2, 0) is 14.9 Å². The molecule has 1 aliphatic heterocycles. The molecule has 6 nitrogen and oxygen atoms in total. The molecule has 0 aliphatic carbocycles. The maximum atomic E-state index is 11.9. The number of hydrogen-bond acceptors (Lipinski definition) is 4. The largest absolute Gasteiger partial charge is 0.383 e. The van der Waals surface area contributed by atoms with Crippen LogP contribution < -0.4 is 5.73 Å². The van der Waals surface area contributed by atoms with Gasteiger partial charge < -0.3 is 10.5 Å². The highest BCUT2D eigenvalue weighted by molar-refractivity contribution is 7.86. The second-order valence-electron chi connectivity index (χ2n) is 3.73. The third-order valence-electron chi connectivity index (χ3n) is 2.52. The highest BCUT2D eigenvalue weighted by atomic mass is 32.2. The number of hydrogen-bond donors (Lipinski definition) is 1. The Morgan fingerprint density at radius 3 is 2.73 bits per heavy atom. The van der Waals surface area contributed by atoms with Crippen LogP contribution in [0, 0.1) is 0 Å². The van der Waals surface area contributed by atoms with Gasteiger partial charge in [-0.15, -0.1) is 0 Å². The van der Waals surface area contributed by atoms with Gasteiger partial charge in [-0.1, -0.05) is 0 Å². The Labute approximate surface area is 91.2 Å². The fourth-order valence-corrected chi connectivity index (χ4v) is 2.91. The van der Waals surface area contributed by atoms with Crippen LogP contribution in [0.2, 0.25) is 0 Å². The van der Waals surface area contributed by atoms with E-state index in [2.05, 4.69) is 0 Å². The van der Waals surface area contributed by atoms with Crippen molar-refractivity contribution < 1.29 is 13.2 Å². The molecule has 0 spiro atoms. The van der Waals surface area contributed by atoms with Crippen LogP contribution >= 0.6 is 0 Å². The highest BCUT2D eigenvalue weighted by Crippen LogP contribution is 2.14. The summed E-state index contributed by atoms with van der Waals surface area (Å²) in [5, 5.41) is 0. The molecule has 0 radical (unpaired) electrons. The van der Waals surface area contributed by atoms with Gasteiger partial charge in [0.2, 0.25) is 0 Å². The van der Waals surface area contributed by atoms with Crippen LogP contribution in [0.1, 0.15) is 6.42 Å². The van der Waals surface area contributed by atoms with Crippen molar-refractivity contribution in [3.8, 4) is 0 Å². The summed E-state index contributed by atoms with van der Waals surface area (Å²) in [7, 11) is -0.236. The second kappa shape index (κ2) is 5.22. The van der Waals surface area contributed by atoms with Crippen molar-refractivity contribution in [2.75, 3.05) is 40.4 Å². The van der Waals surface area contributed by atoms with E-state index < -0.39 is 10.2 Å². The summed E-state index contributed by atoms with van der Waals surface area (Å²) in [4.78, 5) is 0. The predicted molar refractivity (Wildman–Crippen MR) is 57.6 cm³/mol. The molecule has 0 aromatic carbocycles. The lowest BCUT2D eigenvalue weighted by atomic mass is 10.3. The maximum Gasteiger partial charge on any atom is 0.281 e. The molecule has 0 saturated carbocycles. The molecule has 0 aromatic heterocycles. The van der Waals surface area contributed by atoms with Gasteiger partial charge in [-0.05, 0) is 6.42 Å². The first-order valence-corrected chi connectivity index (χ1v) is 6.34. The first-order valence-electron chi connectivity index (χ1n) is 4.94. The molecule has 15 heavy (non-hydrogen) atoms. The van der Waals surface area contributed by atoms with Gasteiger partial charge in [0.15, 0.2) is 0 Å². The topological polar surface area (TPSA) is 75.9 Å². The summed E-state index contributed by atoms with van der Waals surface area (Å²) >= 11 is 0. The van der Waals surface area contributed by atoms with Crippen LogP contribution in [0.4, 0.5) is 0 Å². The number of ether oxygens (including phenoxy) is 1. The molecule has 2 N–H and O–H groups in total. The van der Waals surface area contributed by atoms with E-state index in [-0.39, 0.29) is 6.04 Å². The molecule has 90 valence electrons. The van der Waals surface area contributed by atoms with E-state index in [0.717, 1.165) is 6.42 Å². The minimum Gasteiger partial charge on any atom is -0.383 e. The number of nitrogens with zero attached hydrogens (tertiary/aromatic N) is 2. The Kier molecular flexibility index (Phi) is 4.47. The first kappa shape index (κ1) is 12.9. The lowest BCUT2D eigenvalue weighted by molar-refractivity contribution is 0.183. The van der Waals surface area contributed by atoms with E-state index >= 15 is 0 Å². The highest BCUT2D eigenvalue weighted by Gasteiger charge is 2.32. The van der Waals surface area contributed by atoms with Gasteiger partial charge in [0.25, 0.3) is 10.2 Å². The molecule has 1 aliphatic rings. The summed E-state index contributed by atoms with van der Waals surface area (Å²) in [5.74, 6) is 0. The molecule has 1 heterocycles. The fourth-order valence-electron chi connectivity index (χ4n) is 1.50. The maximum absolute atomic E-state index is 11.9. The molecular formula is C8H19N3O3S. The lowest BCUT2D eigenvalue weighted by Gasteiger charge is -2.23. The molecule has 1 fully saturated rings. The first-order chi connectivity index (χ1) is 6.98. The summed E-state index contributed by atoms with van der Waals surface area (Å²) in [5.41, 5.74) is 5.67. The van der Waals surface area contributed by atoms with Gasteiger partial charge in [-0.2, -0.15) is 17.0 Å². The number of rotatable bonds is 5. The van der Waals surface area contributed by atoms with Crippen LogP contribution in [0.15, 0.2) is 0 Å². The zero-order chi connectivity index (χ0) is 11.5. The fraction of sp³-hybridized carbons (Fsp3) is 1.00. The summed E-state index contributed by atoms with van der Waals surface area (Å²) in [6, 6.07) is -0.0319. The Morgan fingerprint density at radius 1 is 1.60 bits per heavy atom. The predicted octanol–water partition coefficient (Wildman–Crippen LogP) is -1.16. The molecule has 1 saturated heterocycles. The van der Waals surface area contributed by atoms with Crippen LogP contribution in [0.25, 0.3) is 0 Å². The van der Waals surface area contributed by atoms with Crippen molar-refractivity contribution in [3.63, 3.8) is 0 Å². The molecule has 0 amide bonds. The molecule has 0 bridgehead atoms.